The lowest BCUT2D eigenvalue weighted by molar-refractivity contribution is -0.132. The Bertz CT molecular complexity index is 513. The van der Waals surface area contributed by atoms with Gasteiger partial charge in [0.1, 0.15) is 0 Å². The zero-order valence-electron chi connectivity index (χ0n) is 8.71. The van der Waals surface area contributed by atoms with E-state index in [4.69, 9.17) is 5.11 Å². The van der Waals surface area contributed by atoms with E-state index in [1.807, 2.05) is 25.1 Å². The Labute approximate surface area is 92.7 Å². The number of hydrogen-bond acceptors (Lipinski definition) is 3. The molecule has 0 aliphatic carbocycles. The van der Waals surface area contributed by atoms with E-state index in [1.54, 1.807) is 6.20 Å². The second-order valence-electron chi connectivity index (χ2n) is 3.35. The highest BCUT2D eigenvalue weighted by Crippen LogP contribution is 2.25. The normalized spacial score (nSPS) is 17.2. The second kappa shape index (κ2) is 4.10. The van der Waals surface area contributed by atoms with Gasteiger partial charge in [-0.25, -0.2) is 4.79 Å². The molecule has 0 amide bonds. The van der Waals surface area contributed by atoms with Crippen LogP contribution >= 0.6 is 0 Å². The number of carboxylic acid groups (broad SMARTS) is 1. The van der Waals surface area contributed by atoms with Crippen molar-refractivity contribution in [3.8, 4) is 0 Å². The molecule has 4 heteroatoms. The molecule has 0 saturated carbocycles. The quantitative estimate of drug-likeness (QED) is 0.817. The summed E-state index contributed by atoms with van der Waals surface area (Å²) >= 11 is 0. The minimum absolute atomic E-state index is 0.211. The minimum atomic E-state index is -0.970. The first-order valence-corrected chi connectivity index (χ1v) is 4.80. The number of aliphatic imine (C=N–C) groups is 1. The maximum Gasteiger partial charge on any atom is 0.337 e. The molecule has 2 heterocycles. The summed E-state index contributed by atoms with van der Waals surface area (Å²) in [5, 5.41) is 8.98. The van der Waals surface area contributed by atoms with Gasteiger partial charge in [-0.2, -0.15) is 0 Å². The van der Waals surface area contributed by atoms with E-state index in [-0.39, 0.29) is 5.57 Å². The van der Waals surface area contributed by atoms with Gasteiger partial charge in [-0.3, -0.25) is 9.98 Å². The molecule has 1 aliphatic rings. The maximum absolute atomic E-state index is 10.9. The molecule has 16 heavy (non-hydrogen) atoms. The van der Waals surface area contributed by atoms with E-state index in [9.17, 15) is 4.79 Å². The van der Waals surface area contributed by atoms with Gasteiger partial charge in [0.25, 0.3) is 0 Å². The summed E-state index contributed by atoms with van der Waals surface area (Å²) in [6.07, 6.45) is 4.65. The standard InChI is InChI=1S/C12H10N2O2/c1-8(10-4-2-3-6-13-10)11-9(12(15)16)5-7-14-11/h2-7H,1H3,(H,15,16)/b11-8-. The van der Waals surface area contributed by atoms with Gasteiger partial charge >= 0.3 is 5.97 Å². The van der Waals surface area contributed by atoms with Crippen LogP contribution in [0.1, 0.15) is 12.6 Å². The zero-order valence-corrected chi connectivity index (χ0v) is 8.71. The molecule has 1 aliphatic heterocycles. The number of aromatic nitrogens is 1. The summed E-state index contributed by atoms with van der Waals surface area (Å²) in [6.45, 7) is 1.82. The van der Waals surface area contributed by atoms with Gasteiger partial charge in [-0.05, 0) is 25.1 Å². The Balaban J connectivity index is 2.47. The highest BCUT2D eigenvalue weighted by Gasteiger charge is 2.18. The van der Waals surface area contributed by atoms with Crippen LogP contribution in [0.3, 0.4) is 0 Å². The average Bonchev–Trinajstić information content (AvgIpc) is 2.78. The Kier molecular flexibility index (Phi) is 2.64. The monoisotopic (exact) mass is 214 g/mol. The fourth-order valence-corrected chi connectivity index (χ4v) is 1.51. The number of nitrogens with zero attached hydrogens (tertiary/aromatic N) is 2. The zero-order chi connectivity index (χ0) is 11.5. The summed E-state index contributed by atoms with van der Waals surface area (Å²) in [5.41, 5.74) is 2.20. The molecule has 4 nitrogen and oxygen atoms in total. The molecule has 2 rings (SSSR count). The Hall–Kier alpha value is -2.23. The molecule has 0 atom stereocenters. The molecule has 1 aromatic heterocycles. The first-order chi connectivity index (χ1) is 7.70. The summed E-state index contributed by atoms with van der Waals surface area (Å²) in [7, 11) is 0. The van der Waals surface area contributed by atoms with Gasteiger partial charge in [0.05, 0.1) is 17.0 Å². The molecule has 80 valence electrons. The van der Waals surface area contributed by atoms with Crippen LogP contribution in [0.4, 0.5) is 0 Å². The molecule has 0 aromatic carbocycles. The Morgan fingerprint density at radius 1 is 1.38 bits per heavy atom. The lowest BCUT2D eigenvalue weighted by Gasteiger charge is -2.04. The van der Waals surface area contributed by atoms with Crippen molar-refractivity contribution in [2.75, 3.05) is 0 Å². The number of carbonyl (C=O) groups is 1. The SMILES string of the molecule is C/C(=C1/N=CC=C1C(=O)O)c1ccccn1. The number of carboxylic acids is 1. The van der Waals surface area contributed by atoms with Crippen LogP contribution in [0.5, 0.6) is 0 Å². The highest BCUT2D eigenvalue weighted by atomic mass is 16.4. The third-order valence-corrected chi connectivity index (χ3v) is 2.33. The van der Waals surface area contributed by atoms with Crippen LogP contribution in [-0.2, 0) is 4.79 Å². The molecule has 0 unspecified atom stereocenters. The fraction of sp³-hybridized carbons (Fsp3) is 0.0833. The molecule has 0 saturated heterocycles. The van der Waals surface area contributed by atoms with Crippen molar-refractivity contribution in [1.29, 1.82) is 0 Å². The molecular formula is C12H10N2O2. The van der Waals surface area contributed by atoms with Gasteiger partial charge in [0, 0.05) is 18.0 Å². The van der Waals surface area contributed by atoms with E-state index in [1.165, 1.54) is 12.3 Å². The van der Waals surface area contributed by atoms with Crippen LogP contribution in [0.15, 0.2) is 46.7 Å². The number of allylic oxidation sites excluding steroid dienone is 2. The fourth-order valence-electron chi connectivity index (χ4n) is 1.51. The van der Waals surface area contributed by atoms with Crippen molar-refractivity contribution in [1.82, 2.24) is 4.98 Å². The van der Waals surface area contributed by atoms with Crippen molar-refractivity contribution in [2.24, 2.45) is 4.99 Å². The van der Waals surface area contributed by atoms with E-state index in [2.05, 4.69) is 9.98 Å². The van der Waals surface area contributed by atoms with Crippen LogP contribution < -0.4 is 0 Å². The van der Waals surface area contributed by atoms with E-state index in [0.29, 0.717) is 5.70 Å². The second-order valence-corrected chi connectivity index (χ2v) is 3.35. The third-order valence-electron chi connectivity index (χ3n) is 2.33. The number of aliphatic carboxylic acids is 1. The van der Waals surface area contributed by atoms with E-state index < -0.39 is 5.97 Å². The van der Waals surface area contributed by atoms with E-state index in [0.717, 1.165) is 11.3 Å². The summed E-state index contributed by atoms with van der Waals surface area (Å²) in [4.78, 5) is 19.2. The van der Waals surface area contributed by atoms with Gasteiger partial charge < -0.3 is 5.11 Å². The average molecular weight is 214 g/mol. The van der Waals surface area contributed by atoms with Crippen molar-refractivity contribution in [3.63, 3.8) is 0 Å². The van der Waals surface area contributed by atoms with Gasteiger partial charge in [0.15, 0.2) is 0 Å². The van der Waals surface area contributed by atoms with Crippen LogP contribution in [0, 0.1) is 0 Å². The molecule has 1 aromatic rings. The van der Waals surface area contributed by atoms with Crippen LogP contribution in [0.25, 0.3) is 5.57 Å². The number of rotatable bonds is 2. The van der Waals surface area contributed by atoms with Crippen LogP contribution in [0.2, 0.25) is 0 Å². The maximum atomic E-state index is 10.9. The number of hydrogen-bond donors (Lipinski definition) is 1. The van der Waals surface area contributed by atoms with Gasteiger partial charge in [-0.1, -0.05) is 6.07 Å². The van der Waals surface area contributed by atoms with Gasteiger partial charge in [-0.15, -0.1) is 0 Å². The largest absolute Gasteiger partial charge is 0.478 e. The summed E-state index contributed by atoms with van der Waals surface area (Å²) in [5.74, 6) is -0.970. The Morgan fingerprint density at radius 3 is 2.81 bits per heavy atom. The first-order valence-electron chi connectivity index (χ1n) is 4.80. The van der Waals surface area contributed by atoms with Crippen molar-refractivity contribution in [3.05, 3.63) is 47.4 Å². The smallest absolute Gasteiger partial charge is 0.337 e. The van der Waals surface area contributed by atoms with Crippen molar-refractivity contribution >= 4 is 17.8 Å². The van der Waals surface area contributed by atoms with Gasteiger partial charge in [0.2, 0.25) is 0 Å². The van der Waals surface area contributed by atoms with Crippen LogP contribution in [-0.4, -0.2) is 22.3 Å². The molecule has 0 fully saturated rings. The third kappa shape index (κ3) is 1.77. The van der Waals surface area contributed by atoms with Crippen molar-refractivity contribution in [2.45, 2.75) is 6.92 Å². The minimum Gasteiger partial charge on any atom is -0.478 e. The van der Waals surface area contributed by atoms with E-state index >= 15 is 0 Å². The first kappa shape index (κ1) is 10.3. The highest BCUT2D eigenvalue weighted by molar-refractivity contribution is 6.02. The molecule has 0 bridgehead atoms. The molecule has 0 spiro atoms. The summed E-state index contributed by atoms with van der Waals surface area (Å²) in [6, 6.07) is 5.50. The topological polar surface area (TPSA) is 62.5 Å². The number of pyridine rings is 1. The summed E-state index contributed by atoms with van der Waals surface area (Å²) < 4.78 is 0. The molecule has 0 radical (unpaired) electrons. The predicted octanol–water partition coefficient (Wildman–Crippen LogP) is 1.91. The van der Waals surface area contributed by atoms with Crippen molar-refractivity contribution < 1.29 is 9.90 Å². The molecule has 1 N–H and O–H groups in total. The Morgan fingerprint density at radius 2 is 2.19 bits per heavy atom. The lowest BCUT2D eigenvalue weighted by atomic mass is 10.1. The predicted molar refractivity (Wildman–Crippen MR) is 61.0 cm³/mol. The lowest BCUT2D eigenvalue weighted by Crippen LogP contribution is -2.02. The molecular weight excluding hydrogens is 204 g/mol.